The Morgan fingerprint density at radius 1 is 1.23 bits per heavy atom. The Morgan fingerprint density at radius 3 is 2.88 bits per heavy atom. The summed E-state index contributed by atoms with van der Waals surface area (Å²) in [5.74, 6) is 0.149. The molecule has 0 spiro atoms. The molecule has 0 bridgehead atoms. The number of ether oxygens (including phenoxy) is 1. The number of hydrogen-bond donors (Lipinski definition) is 2. The Morgan fingerprint density at radius 2 is 2.12 bits per heavy atom. The summed E-state index contributed by atoms with van der Waals surface area (Å²) in [6.45, 7) is 0. The molecule has 7 heteroatoms. The maximum absolute atomic E-state index is 13.5. The monoisotopic (exact) mass is 367 g/mol. The van der Waals surface area contributed by atoms with Crippen LogP contribution in [-0.4, -0.2) is 23.0 Å². The van der Waals surface area contributed by atoms with Crippen LogP contribution in [0.4, 0.5) is 10.1 Å². The number of hydrogen-bond acceptors (Lipinski definition) is 4. The van der Waals surface area contributed by atoms with Gasteiger partial charge >= 0.3 is 0 Å². The van der Waals surface area contributed by atoms with Crippen LogP contribution in [-0.2, 0) is 0 Å². The number of anilines is 1. The molecule has 1 amide bonds. The Bertz CT molecular complexity index is 1090. The van der Waals surface area contributed by atoms with E-state index in [1.807, 2.05) is 23.6 Å². The van der Waals surface area contributed by atoms with Gasteiger partial charge in [-0.3, -0.25) is 4.79 Å². The number of nitrogens with zero attached hydrogens (tertiary/aromatic N) is 1. The number of thiophene rings is 1. The molecule has 26 heavy (non-hydrogen) atoms. The fourth-order valence-corrected chi connectivity index (χ4v) is 3.34. The normalized spacial score (nSPS) is 10.8. The first-order valence-corrected chi connectivity index (χ1v) is 8.70. The lowest BCUT2D eigenvalue weighted by atomic mass is 10.1. The molecule has 2 aromatic heterocycles. The van der Waals surface area contributed by atoms with Crippen molar-refractivity contribution in [1.29, 1.82) is 0 Å². The number of rotatable bonds is 4. The largest absolute Gasteiger partial charge is 0.496 e. The van der Waals surface area contributed by atoms with Crippen LogP contribution in [0.5, 0.6) is 5.75 Å². The number of H-pyrrole nitrogens is 1. The van der Waals surface area contributed by atoms with Crippen molar-refractivity contribution >= 4 is 34.0 Å². The molecule has 0 saturated heterocycles. The number of imidazole rings is 1. The molecular formula is C19H14FN3O2S. The van der Waals surface area contributed by atoms with Gasteiger partial charge in [0.25, 0.3) is 5.91 Å². The highest BCUT2D eigenvalue weighted by Gasteiger charge is 2.14. The zero-order chi connectivity index (χ0) is 18.1. The van der Waals surface area contributed by atoms with Gasteiger partial charge in [-0.2, -0.15) is 0 Å². The first-order valence-electron chi connectivity index (χ1n) is 7.82. The van der Waals surface area contributed by atoms with Crippen LogP contribution in [0, 0.1) is 5.82 Å². The van der Waals surface area contributed by atoms with Gasteiger partial charge in [-0.1, -0.05) is 6.07 Å². The molecular weight excluding hydrogens is 353 g/mol. The number of aromatic nitrogens is 2. The summed E-state index contributed by atoms with van der Waals surface area (Å²) in [6.07, 6.45) is 0. The highest BCUT2D eigenvalue weighted by molar-refractivity contribution is 7.13. The molecule has 0 unspecified atom stereocenters. The van der Waals surface area contributed by atoms with Crippen LogP contribution in [0.25, 0.3) is 21.7 Å². The topological polar surface area (TPSA) is 67.0 Å². The number of halogens is 1. The SMILES string of the molecule is COc1ccc(F)cc1C(=O)Nc1ccc2nc(-c3cccs3)[nH]c2c1. The van der Waals surface area contributed by atoms with Gasteiger partial charge in [0.1, 0.15) is 17.4 Å². The number of benzene rings is 2. The molecule has 0 aliphatic heterocycles. The van der Waals surface area contributed by atoms with Crippen molar-refractivity contribution in [2.24, 2.45) is 0 Å². The van der Waals surface area contributed by atoms with Gasteiger partial charge in [-0.15, -0.1) is 11.3 Å². The minimum Gasteiger partial charge on any atom is -0.496 e. The lowest BCUT2D eigenvalue weighted by Crippen LogP contribution is -2.13. The van der Waals surface area contributed by atoms with Crippen LogP contribution in [0.3, 0.4) is 0 Å². The molecule has 2 aromatic carbocycles. The number of fused-ring (bicyclic) bond motifs is 1. The summed E-state index contributed by atoms with van der Waals surface area (Å²) in [5, 5.41) is 4.75. The minimum absolute atomic E-state index is 0.136. The number of amides is 1. The van der Waals surface area contributed by atoms with Crippen LogP contribution >= 0.6 is 11.3 Å². The number of methoxy groups -OCH3 is 1. The smallest absolute Gasteiger partial charge is 0.259 e. The maximum Gasteiger partial charge on any atom is 0.259 e. The second-order valence-corrected chi connectivity index (χ2v) is 6.54. The first kappa shape index (κ1) is 16.3. The highest BCUT2D eigenvalue weighted by Crippen LogP contribution is 2.26. The summed E-state index contributed by atoms with van der Waals surface area (Å²) >= 11 is 1.60. The van der Waals surface area contributed by atoms with E-state index in [0.717, 1.165) is 27.8 Å². The third-order valence-electron chi connectivity index (χ3n) is 3.90. The Kier molecular flexibility index (Phi) is 4.14. The van der Waals surface area contributed by atoms with E-state index in [1.165, 1.54) is 19.2 Å². The van der Waals surface area contributed by atoms with E-state index < -0.39 is 11.7 Å². The van der Waals surface area contributed by atoms with E-state index in [1.54, 1.807) is 23.5 Å². The van der Waals surface area contributed by atoms with Crippen LogP contribution < -0.4 is 10.1 Å². The third kappa shape index (κ3) is 3.04. The number of carbonyl (C=O) groups is 1. The van der Waals surface area contributed by atoms with Crippen molar-refractivity contribution in [3.8, 4) is 16.5 Å². The number of carbonyl (C=O) groups excluding carboxylic acids is 1. The van der Waals surface area contributed by atoms with Crippen molar-refractivity contribution in [3.63, 3.8) is 0 Å². The molecule has 0 saturated carbocycles. The maximum atomic E-state index is 13.5. The zero-order valence-electron chi connectivity index (χ0n) is 13.7. The van der Waals surface area contributed by atoms with E-state index in [4.69, 9.17) is 4.74 Å². The Labute approximate surface area is 152 Å². The van der Waals surface area contributed by atoms with Crippen molar-refractivity contribution < 1.29 is 13.9 Å². The second-order valence-electron chi connectivity index (χ2n) is 5.59. The molecule has 0 radical (unpaired) electrons. The van der Waals surface area contributed by atoms with Gasteiger partial charge in [-0.05, 0) is 47.8 Å². The van der Waals surface area contributed by atoms with Crippen LogP contribution in [0.15, 0.2) is 53.9 Å². The molecule has 2 N–H and O–H groups in total. The number of aromatic amines is 1. The van der Waals surface area contributed by atoms with Gasteiger partial charge in [0.15, 0.2) is 0 Å². The van der Waals surface area contributed by atoms with E-state index in [9.17, 15) is 9.18 Å². The Hall–Kier alpha value is -3.19. The standard InChI is InChI=1S/C19H14FN3O2S/c1-25-16-7-4-11(20)9-13(16)19(24)21-12-5-6-14-15(10-12)23-18(22-14)17-3-2-8-26-17/h2-10H,1H3,(H,21,24)(H,22,23). The summed E-state index contributed by atoms with van der Waals surface area (Å²) < 4.78 is 18.6. The van der Waals surface area contributed by atoms with E-state index in [-0.39, 0.29) is 5.56 Å². The average molecular weight is 367 g/mol. The predicted octanol–water partition coefficient (Wildman–Crippen LogP) is 4.69. The van der Waals surface area contributed by atoms with Crippen molar-refractivity contribution in [2.45, 2.75) is 0 Å². The van der Waals surface area contributed by atoms with E-state index in [0.29, 0.717) is 11.4 Å². The molecule has 130 valence electrons. The van der Waals surface area contributed by atoms with Gasteiger partial charge in [-0.25, -0.2) is 9.37 Å². The molecule has 5 nitrogen and oxygen atoms in total. The third-order valence-corrected chi connectivity index (χ3v) is 4.78. The van der Waals surface area contributed by atoms with Crippen molar-refractivity contribution in [2.75, 3.05) is 12.4 Å². The lowest BCUT2D eigenvalue weighted by Gasteiger charge is -2.09. The molecule has 4 rings (SSSR count). The molecule has 2 heterocycles. The van der Waals surface area contributed by atoms with E-state index >= 15 is 0 Å². The molecule has 4 aromatic rings. The summed E-state index contributed by atoms with van der Waals surface area (Å²) in [5.41, 5.74) is 2.32. The molecule has 0 atom stereocenters. The first-order chi connectivity index (χ1) is 12.6. The second kappa shape index (κ2) is 6.61. The van der Waals surface area contributed by atoms with Crippen LogP contribution in [0.1, 0.15) is 10.4 Å². The summed E-state index contributed by atoms with van der Waals surface area (Å²) in [7, 11) is 1.44. The summed E-state index contributed by atoms with van der Waals surface area (Å²) in [6, 6.07) is 13.1. The summed E-state index contributed by atoms with van der Waals surface area (Å²) in [4.78, 5) is 21.3. The lowest BCUT2D eigenvalue weighted by molar-refractivity contribution is 0.102. The fourth-order valence-electron chi connectivity index (χ4n) is 2.67. The van der Waals surface area contributed by atoms with Gasteiger partial charge in [0.2, 0.25) is 0 Å². The molecule has 0 fully saturated rings. The molecule has 0 aliphatic carbocycles. The Balaban J connectivity index is 1.63. The van der Waals surface area contributed by atoms with Gasteiger partial charge in [0, 0.05) is 5.69 Å². The number of nitrogens with one attached hydrogen (secondary N) is 2. The molecule has 0 aliphatic rings. The predicted molar refractivity (Wildman–Crippen MR) is 100 cm³/mol. The average Bonchev–Trinajstić information content (AvgIpc) is 3.30. The van der Waals surface area contributed by atoms with Crippen molar-refractivity contribution in [3.05, 3.63) is 65.3 Å². The van der Waals surface area contributed by atoms with E-state index in [2.05, 4.69) is 15.3 Å². The van der Waals surface area contributed by atoms with Gasteiger partial charge < -0.3 is 15.0 Å². The van der Waals surface area contributed by atoms with Crippen molar-refractivity contribution in [1.82, 2.24) is 9.97 Å². The quantitative estimate of drug-likeness (QED) is 0.550. The highest BCUT2D eigenvalue weighted by atomic mass is 32.1. The minimum atomic E-state index is -0.499. The fraction of sp³-hybridized carbons (Fsp3) is 0.0526. The van der Waals surface area contributed by atoms with Crippen LogP contribution in [0.2, 0.25) is 0 Å². The zero-order valence-corrected chi connectivity index (χ0v) is 14.6. The van der Waals surface area contributed by atoms with Gasteiger partial charge in [0.05, 0.1) is 28.6 Å².